The van der Waals surface area contributed by atoms with Gasteiger partial charge in [0.2, 0.25) is 0 Å². The Labute approximate surface area is 221 Å². The van der Waals surface area contributed by atoms with Crippen molar-refractivity contribution in [2.24, 2.45) is 0 Å². The van der Waals surface area contributed by atoms with Crippen molar-refractivity contribution in [3.63, 3.8) is 0 Å². The molecule has 0 unspecified atom stereocenters. The molecular formula is C28H30ClNO7. The smallest absolute Gasteiger partial charge is 0.414 e. The monoisotopic (exact) mass is 527 g/mol. The second-order valence-electron chi connectivity index (χ2n) is 8.98. The van der Waals surface area contributed by atoms with Gasteiger partial charge in [0.25, 0.3) is 5.91 Å². The van der Waals surface area contributed by atoms with E-state index in [-0.39, 0.29) is 29.5 Å². The van der Waals surface area contributed by atoms with Crippen LogP contribution >= 0.6 is 11.6 Å². The van der Waals surface area contributed by atoms with Crippen LogP contribution in [0, 0.1) is 0 Å². The van der Waals surface area contributed by atoms with Gasteiger partial charge in [-0.3, -0.25) is 10.1 Å². The average Bonchev–Trinajstić information content (AvgIpc) is 2.86. The molecule has 0 fully saturated rings. The quantitative estimate of drug-likeness (QED) is 0.355. The molecule has 0 saturated heterocycles. The number of benzene rings is 3. The standard InChI is InChI=1S/C28H30ClNO7/c1-28(2,3)37-27(32)30-26(31)22-14-15-23(35-16-18-6-10-20(33-4)11-7-18)25(24(22)29)36-17-19-8-12-21(34-5)13-9-19/h6-15H,16-17H2,1-5H3,(H,30,31,32). The highest BCUT2D eigenvalue weighted by molar-refractivity contribution is 6.35. The topological polar surface area (TPSA) is 92.3 Å². The zero-order chi connectivity index (χ0) is 27.0. The van der Waals surface area contributed by atoms with E-state index in [0.29, 0.717) is 11.5 Å². The predicted molar refractivity (Wildman–Crippen MR) is 140 cm³/mol. The highest BCUT2D eigenvalue weighted by Crippen LogP contribution is 2.39. The lowest BCUT2D eigenvalue weighted by Gasteiger charge is -2.20. The first-order chi connectivity index (χ1) is 17.6. The summed E-state index contributed by atoms with van der Waals surface area (Å²) in [6.07, 6.45) is -0.880. The summed E-state index contributed by atoms with van der Waals surface area (Å²) in [5, 5.41) is 2.19. The van der Waals surface area contributed by atoms with Gasteiger partial charge in [0.1, 0.15) is 30.3 Å². The normalized spacial score (nSPS) is 10.9. The van der Waals surface area contributed by atoms with Crippen molar-refractivity contribution in [1.29, 1.82) is 0 Å². The lowest BCUT2D eigenvalue weighted by molar-refractivity contribution is 0.0508. The summed E-state index contributed by atoms with van der Waals surface area (Å²) < 4.78 is 27.5. The fourth-order valence-corrected chi connectivity index (χ4v) is 3.48. The number of hydrogen-bond acceptors (Lipinski definition) is 7. The Kier molecular flexibility index (Phi) is 9.25. The lowest BCUT2D eigenvalue weighted by Crippen LogP contribution is -2.36. The molecule has 3 aromatic carbocycles. The Balaban J connectivity index is 1.84. The number of amides is 2. The highest BCUT2D eigenvalue weighted by atomic mass is 35.5. The van der Waals surface area contributed by atoms with Crippen LogP contribution in [0.15, 0.2) is 60.7 Å². The number of methoxy groups -OCH3 is 2. The summed E-state index contributed by atoms with van der Waals surface area (Å²) in [6.45, 7) is 5.47. The third-order valence-electron chi connectivity index (χ3n) is 5.02. The van der Waals surface area contributed by atoms with Gasteiger partial charge in [0.05, 0.1) is 24.8 Å². The van der Waals surface area contributed by atoms with E-state index in [0.717, 1.165) is 16.9 Å². The van der Waals surface area contributed by atoms with Gasteiger partial charge in [-0.05, 0) is 68.3 Å². The van der Waals surface area contributed by atoms with Gasteiger partial charge in [0, 0.05) is 0 Å². The number of hydrogen-bond donors (Lipinski definition) is 1. The molecule has 1 N–H and O–H groups in total. The molecule has 37 heavy (non-hydrogen) atoms. The van der Waals surface area contributed by atoms with Crippen LogP contribution in [0.2, 0.25) is 5.02 Å². The molecule has 0 saturated carbocycles. The molecule has 2 amide bonds. The zero-order valence-electron chi connectivity index (χ0n) is 21.4. The molecule has 196 valence electrons. The van der Waals surface area contributed by atoms with Crippen LogP contribution < -0.4 is 24.3 Å². The van der Waals surface area contributed by atoms with E-state index in [9.17, 15) is 9.59 Å². The first-order valence-electron chi connectivity index (χ1n) is 11.5. The second-order valence-corrected chi connectivity index (χ2v) is 9.36. The maximum atomic E-state index is 12.8. The van der Waals surface area contributed by atoms with Crippen molar-refractivity contribution in [3.8, 4) is 23.0 Å². The summed E-state index contributed by atoms with van der Waals surface area (Å²) in [7, 11) is 3.19. The summed E-state index contributed by atoms with van der Waals surface area (Å²) in [5.74, 6) is 1.23. The van der Waals surface area contributed by atoms with Crippen LogP contribution in [-0.2, 0) is 18.0 Å². The van der Waals surface area contributed by atoms with Gasteiger partial charge in [-0.1, -0.05) is 35.9 Å². The largest absolute Gasteiger partial charge is 0.497 e. The molecule has 0 aromatic heterocycles. The van der Waals surface area contributed by atoms with E-state index in [1.165, 1.54) is 6.07 Å². The molecule has 0 atom stereocenters. The second kappa shape index (κ2) is 12.4. The van der Waals surface area contributed by atoms with Gasteiger partial charge in [-0.25, -0.2) is 4.79 Å². The number of ether oxygens (including phenoxy) is 5. The van der Waals surface area contributed by atoms with Gasteiger partial charge in [0.15, 0.2) is 11.5 Å². The Bertz CT molecular complexity index is 1220. The minimum absolute atomic E-state index is 0.00167. The number of imide groups is 1. The third kappa shape index (κ3) is 8.05. The molecule has 3 rings (SSSR count). The minimum Gasteiger partial charge on any atom is -0.497 e. The Hall–Kier alpha value is -3.91. The molecule has 0 aliphatic carbocycles. The van der Waals surface area contributed by atoms with E-state index in [2.05, 4.69) is 5.32 Å². The lowest BCUT2D eigenvalue weighted by atomic mass is 10.1. The van der Waals surface area contributed by atoms with Gasteiger partial charge < -0.3 is 23.7 Å². The van der Waals surface area contributed by atoms with Crippen molar-refractivity contribution in [3.05, 3.63) is 82.4 Å². The zero-order valence-corrected chi connectivity index (χ0v) is 22.2. The van der Waals surface area contributed by atoms with Crippen molar-refractivity contribution in [1.82, 2.24) is 5.32 Å². The SMILES string of the molecule is COc1ccc(COc2ccc(C(=O)NC(=O)OC(C)(C)C)c(Cl)c2OCc2ccc(OC)cc2)cc1. The predicted octanol–water partition coefficient (Wildman–Crippen LogP) is 6.18. The molecule has 0 heterocycles. The average molecular weight is 528 g/mol. The first-order valence-corrected chi connectivity index (χ1v) is 11.9. The van der Waals surface area contributed by atoms with Crippen molar-refractivity contribution in [2.75, 3.05) is 14.2 Å². The van der Waals surface area contributed by atoms with E-state index in [1.807, 2.05) is 48.5 Å². The molecule has 0 spiro atoms. The number of alkyl carbamates (subject to hydrolysis) is 1. The summed E-state index contributed by atoms with van der Waals surface area (Å²) >= 11 is 6.61. The molecule has 0 bridgehead atoms. The van der Waals surface area contributed by atoms with Crippen LogP contribution in [0.4, 0.5) is 4.79 Å². The van der Waals surface area contributed by atoms with Crippen LogP contribution in [0.3, 0.4) is 0 Å². The van der Waals surface area contributed by atoms with Crippen LogP contribution in [0.1, 0.15) is 42.3 Å². The first kappa shape index (κ1) is 27.7. The molecule has 3 aromatic rings. The molecular weight excluding hydrogens is 498 g/mol. The molecule has 0 radical (unpaired) electrons. The van der Waals surface area contributed by atoms with Crippen LogP contribution in [0.5, 0.6) is 23.0 Å². The van der Waals surface area contributed by atoms with Crippen LogP contribution in [-0.4, -0.2) is 31.8 Å². The highest BCUT2D eigenvalue weighted by Gasteiger charge is 2.23. The van der Waals surface area contributed by atoms with Gasteiger partial charge >= 0.3 is 6.09 Å². The van der Waals surface area contributed by atoms with Gasteiger partial charge in [-0.15, -0.1) is 0 Å². The molecule has 0 aliphatic rings. The summed E-state index contributed by atoms with van der Waals surface area (Å²) in [4.78, 5) is 24.9. The third-order valence-corrected chi connectivity index (χ3v) is 5.39. The fraction of sp³-hybridized carbons (Fsp3) is 0.286. The number of rotatable bonds is 9. The minimum atomic E-state index is -0.880. The van der Waals surface area contributed by atoms with E-state index < -0.39 is 17.6 Å². The molecule has 9 heteroatoms. The van der Waals surface area contributed by atoms with Crippen LogP contribution in [0.25, 0.3) is 0 Å². The number of carbonyl (C=O) groups excluding carboxylic acids is 2. The van der Waals surface area contributed by atoms with Crippen molar-refractivity contribution >= 4 is 23.6 Å². The molecule has 8 nitrogen and oxygen atoms in total. The van der Waals surface area contributed by atoms with Crippen molar-refractivity contribution in [2.45, 2.75) is 39.6 Å². The number of nitrogens with one attached hydrogen (secondary N) is 1. The Morgan fingerprint density at radius 2 is 1.30 bits per heavy atom. The Morgan fingerprint density at radius 3 is 1.78 bits per heavy atom. The molecule has 0 aliphatic heterocycles. The van der Waals surface area contributed by atoms with Crippen molar-refractivity contribution < 1.29 is 33.3 Å². The van der Waals surface area contributed by atoms with E-state index in [1.54, 1.807) is 41.1 Å². The van der Waals surface area contributed by atoms with E-state index in [4.69, 9.17) is 35.3 Å². The van der Waals surface area contributed by atoms with Gasteiger partial charge in [-0.2, -0.15) is 0 Å². The van der Waals surface area contributed by atoms with E-state index >= 15 is 0 Å². The maximum Gasteiger partial charge on any atom is 0.414 e. The number of halogens is 1. The summed E-state index contributed by atoms with van der Waals surface area (Å²) in [5.41, 5.74) is 1.01. The summed E-state index contributed by atoms with van der Waals surface area (Å²) in [6, 6.07) is 17.8. The number of carbonyl (C=O) groups is 2. The maximum absolute atomic E-state index is 12.8. The fourth-order valence-electron chi connectivity index (χ4n) is 3.19. The Morgan fingerprint density at radius 1 is 0.784 bits per heavy atom.